The van der Waals surface area contributed by atoms with Crippen molar-refractivity contribution in [2.75, 3.05) is 0 Å². The lowest BCUT2D eigenvalue weighted by molar-refractivity contribution is 0.0192. The van der Waals surface area contributed by atoms with Crippen LogP contribution in [-0.4, -0.2) is 10.1 Å². The zero-order valence-electron chi connectivity index (χ0n) is 10.3. The number of nitrogens with zero attached hydrogens (tertiary/aromatic N) is 1. The first-order valence-corrected chi connectivity index (χ1v) is 6.94. The third-order valence-electron chi connectivity index (χ3n) is 3.20. The summed E-state index contributed by atoms with van der Waals surface area (Å²) < 4.78 is 12.8. The van der Waals surface area contributed by atoms with Crippen LogP contribution in [0.15, 0.2) is 35.2 Å². The lowest BCUT2D eigenvalue weighted by Gasteiger charge is -2.26. The Labute approximate surface area is 110 Å². The Morgan fingerprint density at radius 3 is 2.78 bits per heavy atom. The average molecular weight is 265 g/mol. The van der Waals surface area contributed by atoms with Gasteiger partial charge in [0.05, 0.1) is 11.9 Å². The predicted octanol–water partition coefficient (Wildman–Crippen LogP) is 3.51. The van der Waals surface area contributed by atoms with Crippen LogP contribution in [0.5, 0.6) is 0 Å². The standard InChI is InChI=1S/C14H16FNOS/c1-2-14(17,7-5-11-6-8-18-10-11)13-4-3-12(15)9-16-13/h3-4,6,8-10,17H,2,5,7H2,1H3. The number of rotatable bonds is 5. The largest absolute Gasteiger partial charge is 0.384 e. The van der Waals surface area contributed by atoms with Gasteiger partial charge in [-0.2, -0.15) is 11.3 Å². The van der Waals surface area contributed by atoms with Crippen molar-refractivity contribution in [3.63, 3.8) is 0 Å². The molecule has 2 aromatic heterocycles. The smallest absolute Gasteiger partial charge is 0.141 e. The van der Waals surface area contributed by atoms with E-state index in [9.17, 15) is 9.50 Å². The van der Waals surface area contributed by atoms with E-state index in [4.69, 9.17) is 0 Å². The number of pyridine rings is 1. The highest BCUT2D eigenvalue weighted by Crippen LogP contribution is 2.29. The number of aromatic nitrogens is 1. The van der Waals surface area contributed by atoms with Crippen LogP contribution in [0.1, 0.15) is 31.0 Å². The molecule has 0 aliphatic heterocycles. The van der Waals surface area contributed by atoms with Crippen molar-refractivity contribution < 1.29 is 9.50 Å². The molecule has 0 spiro atoms. The van der Waals surface area contributed by atoms with E-state index in [1.807, 2.05) is 12.3 Å². The molecule has 0 bridgehead atoms. The molecule has 0 saturated heterocycles. The van der Waals surface area contributed by atoms with Crippen LogP contribution < -0.4 is 0 Å². The highest BCUT2D eigenvalue weighted by molar-refractivity contribution is 7.07. The van der Waals surface area contributed by atoms with Gasteiger partial charge in [-0.05, 0) is 53.8 Å². The SMILES string of the molecule is CCC(O)(CCc1ccsc1)c1ccc(F)cn1. The highest BCUT2D eigenvalue weighted by Gasteiger charge is 2.28. The fourth-order valence-electron chi connectivity index (χ4n) is 1.92. The second kappa shape index (κ2) is 5.59. The average Bonchev–Trinajstić information content (AvgIpc) is 2.90. The summed E-state index contributed by atoms with van der Waals surface area (Å²) in [5.74, 6) is -0.380. The summed E-state index contributed by atoms with van der Waals surface area (Å²) in [4.78, 5) is 4.00. The van der Waals surface area contributed by atoms with Crippen LogP contribution in [-0.2, 0) is 12.0 Å². The summed E-state index contributed by atoms with van der Waals surface area (Å²) in [6, 6.07) is 4.96. The van der Waals surface area contributed by atoms with Crippen molar-refractivity contribution in [1.29, 1.82) is 0 Å². The molecule has 2 aromatic rings. The third-order valence-corrected chi connectivity index (χ3v) is 3.93. The first-order chi connectivity index (χ1) is 8.64. The summed E-state index contributed by atoms with van der Waals surface area (Å²) in [5.41, 5.74) is 0.783. The lowest BCUT2D eigenvalue weighted by atomic mass is 9.89. The summed E-state index contributed by atoms with van der Waals surface area (Å²) >= 11 is 1.65. The van der Waals surface area contributed by atoms with Crippen molar-refractivity contribution in [2.24, 2.45) is 0 Å². The van der Waals surface area contributed by atoms with Gasteiger partial charge in [0.1, 0.15) is 11.4 Å². The monoisotopic (exact) mass is 265 g/mol. The molecule has 96 valence electrons. The normalized spacial score (nSPS) is 14.4. The predicted molar refractivity (Wildman–Crippen MR) is 71.0 cm³/mol. The molecule has 2 heterocycles. The van der Waals surface area contributed by atoms with Crippen LogP contribution in [0.25, 0.3) is 0 Å². The number of halogens is 1. The Balaban J connectivity index is 2.12. The molecule has 4 heteroatoms. The van der Waals surface area contributed by atoms with E-state index in [1.165, 1.54) is 11.6 Å². The zero-order chi connectivity index (χ0) is 13.0. The Morgan fingerprint density at radius 2 is 2.22 bits per heavy atom. The second-order valence-electron chi connectivity index (χ2n) is 4.38. The Bertz CT molecular complexity index is 483. The molecular formula is C14H16FNOS. The van der Waals surface area contributed by atoms with E-state index in [-0.39, 0.29) is 5.82 Å². The lowest BCUT2D eigenvalue weighted by Crippen LogP contribution is -2.26. The molecule has 1 atom stereocenters. The van der Waals surface area contributed by atoms with Gasteiger partial charge in [0.15, 0.2) is 0 Å². The van der Waals surface area contributed by atoms with Crippen molar-refractivity contribution in [3.8, 4) is 0 Å². The van der Waals surface area contributed by atoms with E-state index in [0.29, 0.717) is 18.5 Å². The minimum atomic E-state index is -0.977. The molecule has 1 unspecified atom stereocenters. The van der Waals surface area contributed by atoms with Crippen molar-refractivity contribution in [1.82, 2.24) is 4.98 Å². The number of aryl methyl sites for hydroxylation is 1. The maximum absolute atomic E-state index is 12.8. The minimum absolute atomic E-state index is 0.380. The van der Waals surface area contributed by atoms with Gasteiger partial charge in [0.2, 0.25) is 0 Å². The van der Waals surface area contributed by atoms with Gasteiger partial charge in [-0.15, -0.1) is 0 Å². The van der Waals surface area contributed by atoms with E-state index < -0.39 is 5.60 Å². The molecule has 0 aliphatic rings. The van der Waals surface area contributed by atoms with Crippen LogP contribution in [0, 0.1) is 5.82 Å². The minimum Gasteiger partial charge on any atom is -0.384 e. The Morgan fingerprint density at radius 1 is 1.39 bits per heavy atom. The van der Waals surface area contributed by atoms with Gasteiger partial charge < -0.3 is 5.11 Å². The fourth-order valence-corrected chi connectivity index (χ4v) is 2.63. The molecule has 2 rings (SSSR count). The quantitative estimate of drug-likeness (QED) is 0.897. The highest BCUT2D eigenvalue weighted by atomic mass is 32.1. The van der Waals surface area contributed by atoms with E-state index in [1.54, 1.807) is 17.4 Å². The number of hydrogen-bond acceptors (Lipinski definition) is 3. The molecule has 0 radical (unpaired) electrons. The maximum Gasteiger partial charge on any atom is 0.141 e. The number of hydrogen-bond donors (Lipinski definition) is 1. The molecule has 0 fully saturated rings. The summed E-state index contributed by atoms with van der Waals surface area (Å²) in [7, 11) is 0. The third kappa shape index (κ3) is 2.94. The van der Waals surface area contributed by atoms with E-state index >= 15 is 0 Å². The fraction of sp³-hybridized carbons (Fsp3) is 0.357. The Hall–Kier alpha value is -1.26. The van der Waals surface area contributed by atoms with Crippen LogP contribution in [0.3, 0.4) is 0 Å². The van der Waals surface area contributed by atoms with Gasteiger partial charge in [0.25, 0.3) is 0 Å². The molecule has 0 amide bonds. The summed E-state index contributed by atoms with van der Waals surface area (Å²) in [6.07, 6.45) is 3.11. The van der Waals surface area contributed by atoms with Crippen molar-refractivity contribution in [2.45, 2.75) is 31.8 Å². The maximum atomic E-state index is 12.8. The molecule has 0 aliphatic carbocycles. The molecular weight excluding hydrogens is 249 g/mol. The van der Waals surface area contributed by atoms with Gasteiger partial charge in [0, 0.05) is 0 Å². The van der Waals surface area contributed by atoms with Crippen LogP contribution in [0.4, 0.5) is 4.39 Å². The van der Waals surface area contributed by atoms with Crippen molar-refractivity contribution >= 4 is 11.3 Å². The molecule has 0 saturated carbocycles. The molecule has 2 nitrogen and oxygen atoms in total. The van der Waals surface area contributed by atoms with E-state index in [2.05, 4.69) is 16.4 Å². The van der Waals surface area contributed by atoms with Crippen LogP contribution >= 0.6 is 11.3 Å². The molecule has 1 N–H and O–H groups in total. The topological polar surface area (TPSA) is 33.1 Å². The Kier molecular flexibility index (Phi) is 4.09. The number of thiophene rings is 1. The van der Waals surface area contributed by atoms with Gasteiger partial charge in [-0.1, -0.05) is 6.92 Å². The first-order valence-electron chi connectivity index (χ1n) is 5.99. The molecule has 18 heavy (non-hydrogen) atoms. The summed E-state index contributed by atoms with van der Waals surface area (Å²) in [5, 5.41) is 14.7. The van der Waals surface area contributed by atoms with Gasteiger partial charge in [-0.3, -0.25) is 4.98 Å². The molecule has 0 aromatic carbocycles. The summed E-state index contributed by atoms with van der Waals surface area (Å²) in [6.45, 7) is 1.92. The van der Waals surface area contributed by atoms with E-state index in [0.717, 1.165) is 12.6 Å². The second-order valence-corrected chi connectivity index (χ2v) is 5.16. The van der Waals surface area contributed by atoms with Gasteiger partial charge >= 0.3 is 0 Å². The number of aliphatic hydroxyl groups is 1. The first kappa shape index (κ1) is 13.2. The van der Waals surface area contributed by atoms with Crippen molar-refractivity contribution in [3.05, 3.63) is 52.2 Å². The van der Waals surface area contributed by atoms with Crippen LogP contribution in [0.2, 0.25) is 0 Å². The zero-order valence-corrected chi connectivity index (χ0v) is 11.1. The van der Waals surface area contributed by atoms with Gasteiger partial charge in [-0.25, -0.2) is 4.39 Å².